The SMILES string of the molecule is CCCCC=CO[Si](OCC)(OCC)OCC. The molecular formula is C12H26O4Si. The van der Waals surface area contributed by atoms with Crippen LogP contribution in [-0.2, 0) is 17.7 Å². The maximum atomic E-state index is 5.59. The van der Waals surface area contributed by atoms with Crippen molar-refractivity contribution in [2.45, 2.75) is 47.0 Å². The number of unbranched alkanes of at least 4 members (excludes halogenated alkanes) is 2. The second-order valence-electron chi connectivity index (χ2n) is 3.43. The summed E-state index contributed by atoms with van der Waals surface area (Å²) in [5.74, 6) is 0. The Bertz CT molecular complexity index is 180. The fourth-order valence-corrected chi connectivity index (χ4v) is 3.06. The summed E-state index contributed by atoms with van der Waals surface area (Å²) >= 11 is 0. The first-order valence-electron chi connectivity index (χ1n) is 6.49. The van der Waals surface area contributed by atoms with E-state index in [1.54, 1.807) is 6.26 Å². The van der Waals surface area contributed by atoms with Gasteiger partial charge in [-0.1, -0.05) is 19.4 Å². The van der Waals surface area contributed by atoms with E-state index in [0.717, 1.165) is 12.8 Å². The smallest absolute Gasteiger partial charge is 0.487 e. The lowest BCUT2D eigenvalue weighted by atomic mass is 10.2. The first-order chi connectivity index (χ1) is 8.24. The molecule has 102 valence electrons. The fourth-order valence-electron chi connectivity index (χ4n) is 1.28. The number of hydrogen-bond donors (Lipinski definition) is 0. The van der Waals surface area contributed by atoms with E-state index in [1.165, 1.54) is 6.42 Å². The van der Waals surface area contributed by atoms with Crippen LogP contribution in [0.2, 0.25) is 0 Å². The van der Waals surface area contributed by atoms with Crippen LogP contribution >= 0.6 is 0 Å². The third-order valence-electron chi connectivity index (χ3n) is 2.00. The van der Waals surface area contributed by atoms with Crippen molar-refractivity contribution in [2.24, 2.45) is 0 Å². The van der Waals surface area contributed by atoms with Gasteiger partial charge in [0, 0.05) is 19.8 Å². The van der Waals surface area contributed by atoms with Gasteiger partial charge >= 0.3 is 9.05 Å². The predicted molar refractivity (Wildman–Crippen MR) is 70.4 cm³/mol. The van der Waals surface area contributed by atoms with E-state index >= 15 is 0 Å². The highest BCUT2D eigenvalue weighted by molar-refractivity contribution is 6.53. The van der Waals surface area contributed by atoms with E-state index in [4.69, 9.17) is 17.7 Å². The zero-order valence-electron chi connectivity index (χ0n) is 11.5. The standard InChI is InChI=1S/C12H26O4Si/c1-5-9-10-11-12-16-17(13-6-2,14-7-3)15-8-4/h11-12H,5-10H2,1-4H3. The molecule has 0 saturated heterocycles. The molecule has 0 fully saturated rings. The quantitative estimate of drug-likeness (QED) is 0.325. The van der Waals surface area contributed by atoms with Gasteiger partial charge in [0.05, 0.1) is 6.26 Å². The molecule has 0 aromatic carbocycles. The molecule has 0 heterocycles. The summed E-state index contributed by atoms with van der Waals surface area (Å²) in [6.45, 7) is 9.45. The van der Waals surface area contributed by atoms with Gasteiger partial charge in [-0.15, -0.1) is 0 Å². The molecule has 0 aliphatic rings. The summed E-state index contributed by atoms with van der Waals surface area (Å²) in [5, 5.41) is 0. The highest BCUT2D eigenvalue weighted by Crippen LogP contribution is 2.12. The maximum Gasteiger partial charge on any atom is 0.749 e. The highest BCUT2D eigenvalue weighted by Gasteiger charge is 2.46. The molecule has 0 aromatic rings. The third-order valence-corrected chi connectivity index (χ3v) is 4.35. The van der Waals surface area contributed by atoms with Gasteiger partial charge in [0.25, 0.3) is 0 Å². The van der Waals surface area contributed by atoms with Gasteiger partial charge in [-0.2, -0.15) is 0 Å². The van der Waals surface area contributed by atoms with Crippen molar-refractivity contribution >= 4 is 9.05 Å². The molecule has 0 unspecified atom stereocenters. The van der Waals surface area contributed by atoms with Crippen molar-refractivity contribution in [1.29, 1.82) is 0 Å². The summed E-state index contributed by atoms with van der Waals surface area (Å²) in [6.07, 6.45) is 6.98. The average molecular weight is 262 g/mol. The van der Waals surface area contributed by atoms with Crippen LogP contribution in [0.25, 0.3) is 0 Å². The van der Waals surface area contributed by atoms with Gasteiger partial charge in [-0.25, -0.2) is 0 Å². The van der Waals surface area contributed by atoms with Crippen molar-refractivity contribution < 1.29 is 17.7 Å². The van der Waals surface area contributed by atoms with E-state index in [-0.39, 0.29) is 0 Å². The average Bonchev–Trinajstić information content (AvgIpc) is 2.30. The van der Waals surface area contributed by atoms with Crippen LogP contribution in [0.5, 0.6) is 0 Å². The molecule has 0 spiro atoms. The minimum atomic E-state index is -2.94. The Hall–Kier alpha value is -0.363. The molecule has 0 aliphatic carbocycles. The third kappa shape index (κ3) is 7.54. The molecule has 17 heavy (non-hydrogen) atoms. The molecule has 0 bridgehead atoms. The second kappa shape index (κ2) is 10.8. The maximum absolute atomic E-state index is 5.59. The van der Waals surface area contributed by atoms with Crippen molar-refractivity contribution in [2.75, 3.05) is 19.8 Å². The molecule has 4 nitrogen and oxygen atoms in total. The molecule has 5 heteroatoms. The Balaban J connectivity index is 4.27. The Morgan fingerprint density at radius 1 is 0.882 bits per heavy atom. The molecule has 0 N–H and O–H groups in total. The largest absolute Gasteiger partial charge is 0.749 e. The molecule has 0 aromatic heterocycles. The lowest BCUT2D eigenvalue weighted by Crippen LogP contribution is -2.48. The summed E-state index contributed by atoms with van der Waals surface area (Å²) in [4.78, 5) is 0. The summed E-state index contributed by atoms with van der Waals surface area (Å²) in [5.41, 5.74) is 0. The van der Waals surface area contributed by atoms with Gasteiger partial charge in [-0.05, 0) is 33.6 Å². The molecule has 0 amide bonds. The van der Waals surface area contributed by atoms with Crippen molar-refractivity contribution in [3.63, 3.8) is 0 Å². The van der Waals surface area contributed by atoms with E-state index in [2.05, 4.69) is 6.92 Å². The Morgan fingerprint density at radius 3 is 1.82 bits per heavy atom. The predicted octanol–water partition coefficient (Wildman–Crippen LogP) is 3.25. The van der Waals surface area contributed by atoms with Crippen LogP contribution in [-0.4, -0.2) is 28.9 Å². The van der Waals surface area contributed by atoms with Gasteiger partial charge in [0.1, 0.15) is 0 Å². The van der Waals surface area contributed by atoms with Gasteiger partial charge < -0.3 is 17.7 Å². The van der Waals surface area contributed by atoms with Crippen molar-refractivity contribution in [1.82, 2.24) is 0 Å². The Morgan fingerprint density at radius 2 is 1.41 bits per heavy atom. The van der Waals surface area contributed by atoms with Crippen LogP contribution in [0.4, 0.5) is 0 Å². The van der Waals surface area contributed by atoms with E-state index in [1.807, 2.05) is 26.8 Å². The first-order valence-corrected chi connectivity index (χ1v) is 8.12. The topological polar surface area (TPSA) is 36.9 Å². The lowest BCUT2D eigenvalue weighted by Gasteiger charge is -2.25. The van der Waals surface area contributed by atoms with Gasteiger partial charge in [0.15, 0.2) is 0 Å². The molecule has 0 aliphatic heterocycles. The van der Waals surface area contributed by atoms with Crippen LogP contribution in [0, 0.1) is 0 Å². The number of allylic oxidation sites excluding steroid dienone is 1. The zero-order valence-corrected chi connectivity index (χ0v) is 12.5. The van der Waals surface area contributed by atoms with Gasteiger partial charge in [0.2, 0.25) is 0 Å². The van der Waals surface area contributed by atoms with Crippen molar-refractivity contribution in [3.8, 4) is 0 Å². The monoisotopic (exact) mass is 262 g/mol. The normalized spacial score (nSPS) is 12.2. The van der Waals surface area contributed by atoms with E-state index in [0.29, 0.717) is 19.8 Å². The minimum Gasteiger partial charge on any atom is -0.487 e. The molecule has 0 rings (SSSR count). The van der Waals surface area contributed by atoms with Crippen LogP contribution in [0.1, 0.15) is 47.0 Å². The van der Waals surface area contributed by atoms with E-state index in [9.17, 15) is 0 Å². The molecule has 0 saturated carbocycles. The van der Waals surface area contributed by atoms with Crippen LogP contribution in [0.3, 0.4) is 0 Å². The summed E-state index contributed by atoms with van der Waals surface area (Å²) in [6, 6.07) is 0. The highest BCUT2D eigenvalue weighted by atomic mass is 28.4. The van der Waals surface area contributed by atoms with E-state index < -0.39 is 9.05 Å². The summed E-state index contributed by atoms with van der Waals surface area (Å²) in [7, 11) is -2.94. The van der Waals surface area contributed by atoms with Gasteiger partial charge in [-0.3, -0.25) is 0 Å². The van der Waals surface area contributed by atoms with Crippen LogP contribution in [0.15, 0.2) is 12.3 Å². The van der Waals surface area contributed by atoms with Crippen LogP contribution < -0.4 is 0 Å². The minimum absolute atomic E-state index is 0.523. The molecule has 0 atom stereocenters. The summed E-state index contributed by atoms with van der Waals surface area (Å²) < 4.78 is 22.2. The lowest BCUT2D eigenvalue weighted by molar-refractivity contribution is -0.00394. The first kappa shape index (κ1) is 16.6. The number of hydrogen-bond acceptors (Lipinski definition) is 4. The zero-order chi connectivity index (χ0) is 13.0. The Kier molecular flexibility index (Phi) is 10.5. The fraction of sp³-hybridized carbons (Fsp3) is 0.833. The number of rotatable bonds is 11. The van der Waals surface area contributed by atoms with Crippen molar-refractivity contribution in [3.05, 3.63) is 12.3 Å². The Labute approximate surface area is 106 Å². The molecular weight excluding hydrogens is 236 g/mol. The second-order valence-corrected chi connectivity index (χ2v) is 5.53. The molecule has 0 radical (unpaired) electrons.